The highest BCUT2D eigenvalue weighted by Crippen LogP contribution is 2.22. The molecule has 0 radical (unpaired) electrons. The zero-order valence-corrected chi connectivity index (χ0v) is 14.7. The number of nitrogens with one attached hydrogen (secondary N) is 1. The summed E-state index contributed by atoms with van der Waals surface area (Å²) in [5.41, 5.74) is 4.29. The fourth-order valence-electron chi connectivity index (χ4n) is 2.21. The lowest BCUT2D eigenvalue weighted by molar-refractivity contribution is -0.384. The van der Waals surface area contributed by atoms with Crippen LogP contribution in [0.15, 0.2) is 53.9 Å². The molecule has 2 aromatic carbocycles. The Kier molecular flexibility index (Phi) is 5.18. The lowest BCUT2D eigenvalue weighted by Gasteiger charge is -2.06. The molecule has 3 rings (SSSR count). The van der Waals surface area contributed by atoms with Crippen molar-refractivity contribution in [2.45, 2.75) is 6.92 Å². The fraction of sp³-hybridized carbons (Fsp3) is 0.0625. The molecule has 0 aliphatic heterocycles. The van der Waals surface area contributed by atoms with Gasteiger partial charge in [-0.3, -0.25) is 14.9 Å². The number of hydrazone groups is 1. The molecule has 11 heteroatoms. The van der Waals surface area contributed by atoms with Gasteiger partial charge in [0.15, 0.2) is 0 Å². The molecule has 1 N–H and O–H groups in total. The molecule has 0 bridgehead atoms. The van der Waals surface area contributed by atoms with Gasteiger partial charge in [-0.15, -0.1) is 5.10 Å². The van der Waals surface area contributed by atoms with Gasteiger partial charge in [0.25, 0.3) is 11.6 Å². The van der Waals surface area contributed by atoms with Crippen LogP contribution in [0.2, 0.25) is 5.02 Å². The summed E-state index contributed by atoms with van der Waals surface area (Å²) in [6.07, 6.45) is 1.46. The van der Waals surface area contributed by atoms with Gasteiger partial charge in [0.05, 0.1) is 26.9 Å². The first kappa shape index (κ1) is 18.1. The predicted octanol–water partition coefficient (Wildman–Crippen LogP) is 2.38. The normalized spacial score (nSPS) is 11.3. The van der Waals surface area contributed by atoms with E-state index in [0.29, 0.717) is 5.71 Å². The molecule has 0 fully saturated rings. The number of non-ortho nitro benzene ring substituents is 1. The van der Waals surface area contributed by atoms with Gasteiger partial charge in [0.2, 0.25) is 0 Å². The van der Waals surface area contributed by atoms with Crippen molar-refractivity contribution in [2.75, 3.05) is 0 Å². The highest BCUT2D eigenvalue weighted by molar-refractivity contribution is 6.34. The third kappa shape index (κ3) is 4.12. The van der Waals surface area contributed by atoms with E-state index in [0.717, 1.165) is 17.3 Å². The number of aromatic nitrogens is 4. The predicted molar refractivity (Wildman–Crippen MR) is 96.9 cm³/mol. The number of nitro benzene ring substituents is 1. The second kappa shape index (κ2) is 7.70. The highest BCUT2D eigenvalue weighted by Gasteiger charge is 2.14. The minimum Gasteiger partial charge on any atom is -0.267 e. The van der Waals surface area contributed by atoms with E-state index < -0.39 is 10.8 Å². The molecular formula is C16H12ClN7O3. The van der Waals surface area contributed by atoms with E-state index in [1.54, 1.807) is 19.1 Å². The van der Waals surface area contributed by atoms with E-state index in [2.05, 4.69) is 26.1 Å². The Morgan fingerprint density at radius 2 is 2.11 bits per heavy atom. The van der Waals surface area contributed by atoms with E-state index in [4.69, 9.17) is 11.6 Å². The molecule has 136 valence electrons. The monoisotopic (exact) mass is 385 g/mol. The van der Waals surface area contributed by atoms with E-state index in [1.807, 2.05) is 12.1 Å². The standard InChI is InChI=1S/C16H12ClN7O3/c1-10(11-3-2-4-12(7-11)23-9-18-21-22-23)19-20-16(25)14-6-5-13(24(26)27)8-15(14)17/h2-9H,1H3,(H,20,25)/b19-10+. The van der Waals surface area contributed by atoms with Gasteiger partial charge in [-0.25, -0.2) is 10.1 Å². The first-order valence-corrected chi connectivity index (χ1v) is 7.96. The maximum atomic E-state index is 12.2. The smallest absolute Gasteiger partial charge is 0.267 e. The Hall–Kier alpha value is -3.66. The molecule has 27 heavy (non-hydrogen) atoms. The van der Waals surface area contributed by atoms with Crippen molar-refractivity contribution in [1.29, 1.82) is 0 Å². The molecule has 0 atom stereocenters. The van der Waals surface area contributed by atoms with Gasteiger partial charge in [-0.1, -0.05) is 23.7 Å². The number of amides is 1. The summed E-state index contributed by atoms with van der Waals surface area (Å²) in [6.45, 7) is 1.72. The number of hydrogen-bond acceptors (Lipinski definition) is 7. The molecule has 0 saturated heterocycles. The summed E-state index contributed by atoms with van der Waals surface area (Å²) < 4.78 is 1.49. The Morgan fingerprint density at radius 3 is 2.78 bits per heavy atom. The summed E-state index contributed by atoms with van der Waals surface area (Å²) in [4.78, 5) is 22.4. The van der Waals surface area contributed by atoms with Crippen molar-refractivity contribution in [3.8, 4) is 5.69 Å². The molecule has 0 unspecified atom stereocenters. The maximum absolute atomic E-state index is 12.2. The van der Waals surface area contributed by atoms with E-state index >= 15 is 0 Å². The van der Waals surface area contributed by atoms with Gasteiger partial charge >= 0.3 is 0 Å². The van der Waals surface area contributed by atoms with Crippen LogP contribution in [-0.2, 0) is 0 Å². The van der Waals surface area contributed by atoms with E-state index in [9.17, 15) is 14.9 Å². The van der Waals surface area contributed by atoms with E-state index in [-0.39, 0.29) is 16.3 Å². The number of halogens is 1. The topological polar surface area (TPSA) is 128 Å². The van der Waals surface area contributed by atoms with Gasteiger partial charge in [0.1, 0.15) is 6.33 Å². The number of carbonyl (C=O) groups excluding carboxylic acids is 1. The molecule has 0 aliphatic rings. The zero-order chi connectivity index (χ0) is 19.4. The molecule has 10 nitrogen and oxygen atoms in total. The lowest BCUT2D eigenvalue weighted by atomic mass is 10.1. The Morgan fingerprint density at radius 1 is 1.30 bits per heavy atom. The van der Waals surface area contributed by atoms with Crippen LogP contribution in [0.1, 0.15) is 22.8 Å². The molecule has 1 heterocycles. The second-order valence-electron chi connectivity index (χ2n) is 5.36. The second-order valence-corrected chi connectivity index (χ2v) is 5.77. The number of nitro groups is 1. The molecular weight excluding hydrogens is 374 g/mol. The minimum absolute atomic E-state index is 0.0322. The molecule has 0 aliphatic carbocycles. The van der Waals surface area contributed by atoms with Gasteiger partial charge in [-0.2, -0.15) is 5.10 Å². The van der Waals surface area contributed by atoms with Crippen molar-refractivity contribution in [1.82, 2.24) is 25.6 Å². The van der Waals surface area contributed by atoms with Crippen LogP contribution < -0.4 is 5.43 Å². The summed E-state index contributed by atoms with van der Waals surface area (Å²) >= 11 is 5.94. The van der Waals surface area contributed by atoms with Crippen LogP contribution in [0.4, 0.5) is 5.69 Å². The Bertz CT molecular complexity index is 1030. The molecule has 0 spiro atoms. The third-order valence-corrected chi connectivity index (χ3v) is 3.92. The van der Waals surface area contributed by atoms with Crippen molar-refractivity contribution >= 4 is 28.9 Å². The molecule has 1 aromatic heterocycles. The van der Waals surface area contributed by atoms with Crippen LogP contribution in [0.25, 0.3) is 5.69 Å². The molecule has 0 saturated carbocycles. The average Bonchev–Trinajstić information content (AvgIpc) is 3.20. The summed E-state index contributed by atoms with van der Waals surface area (Å²) in [5, 5.41) is 25.7. The number of benzene rings is 2. The zero-order valence-electron chi connectivity index (χ0n) is 13.9. The quantitative estimate of drug-likeness (QED) is 0.408. The van der Waals surface area contributed by atoms with Gasteiger partial charge in [0, 0.05) is 12.1 Å². The van der Waals surface area contributed by atoms with Gasteiger partial charge in [-0.05, 0) is 41.1 Å². The Balaban J connectivity index is 1.77. The summed E-state index contributed by atoms with van der Waals surface area (Å²) in [6, 6.07) is 10.8. The minimum atomic E-state index is -0.590. The van der Waals surface area contributed by atoms with Crippen LogP contribution in [0.5, 0.6) is 0 Å². The van der Waals surface area contributed by atoms with Crippen molar-refractivity contribution in [2.24, 2.45) is 5.10 Å². The van der Waals surface area contributed by atoms with Gasteiger partial charge < -0.3 is 0 Å². The van der Waals surface area contributed by atoms with Crippen molar-refractivity contribution < 1.29 is 9.72 Å². The summed E-state index contributed by atoms with van der Waals surface area (Å²) in [7, 11) is 0. The number of hydrogen-bond donors (Lipinski definition) is 1. The lowest BCUT2D eigenvalue weighted by Crippen LogP contribution is -2.19. The highest BCUT2D eigenvalue weighted by atomic mass is 35.5. The average molecular weight is 386 g/mol. The largest absolute Gasteiger partial charge is 0.272 e. The van der Waals surface area contributed by atoms with Crippen molar-refractivity contribution in [3.05, 3.63) is 75.1 Å². The van der Waals surface area contributed by atoms with Crippen LogP contribution in [0.3, 0.4) is 0 Å². The number of nitrogens with zero attached hydrogens (tertiary/aromatic N) is 6. The SMILES string of the molecule is C/C(=N\NC(=O)c1ccc([N+](=O)[O-])cc1Cl)c1cccc(-n2cnnn2)c1. The third-order valence-electron chi connectivity index (χ3n) is 3.61. The fourth-order valence-corrected chi connectivity index (χ4v) is 2.47. The number of rotatable bonds is 5. The summed E-state index contributed by atoms with van der Waals surface area (Å²) in [5.74, 6) is -0.578. The van der Waals surface area contributed by atoms with Crippen LogP contribution >= 0.6 is 11.6 Å². The maximum Gasteiger partial charge on any atom is 0.272 e. The van der Waals surface area contributed by atoms with Crippen molar-refractivity contribution in [3.63, 3.8) is 0 Å². The van der Waals surface area contributed by atoms with E-state index in [1.165, 1.54) is 23.1 Å². The van der Waals surface area contributed by atoms with Crippen LogP contribution in [-0.4, -0.2) is 36.7 Å². The molecule has 3 aromatic rings. The van der Waals surface area contributed by atoms with Crippen LogP contribution in [0, 0.1) is 10.1 Å². The number of tetrazole rings is 1. The molecule has 1 amide bonds. The first-order chi connectivity index (χ1) is 13.0. The number of carbonyl (C=O) groups is 1. The first-order valence-electron chi connectivity index (χ1n) is 7.58. The Labute approximate surface area is 157 Å².